The van der Waals surface area contributed by atoms with Gasteiger partial charge in [-0.05, 0) is 12.1 Å². The Morgan fingerprint density at radius 1 is 1.47 bits per heavy atom. The number of carboxylic acid groups (broad SMARTS) is 1. The smallest absolute Gasteiger partial charge is 0.545 e. The van der Waals surface area contributed by atoms with Crippen LogP contribution in [-0.4, -0.2) is 15.9 Å². The van der Waals surface area contributed by atoms with Gasteiger partial charge in [-0.15, -0.1) is 0 Å². The molecule has 5 nitrogen and oxygen atoms in total. The van der Waals surface area contributed by atoms with E-state index in [4.69, 9.17) is 4.42 Å². The maximum Gasteiger partial charge on any atom is 1.00 e. The summed E-state index contributed by atoms with van der Waals surface area (Å²) in [6, 6.07) is 2.92. The molecule has 2 heterocycles. The van der Waals surface area contributed by atoms with Crippen molar-refractivity contribution in [1.82, 2.24) is 9.97 Å². The van der Waals surface area contributed by atoms with Crippen LogP contribution in [0.4, 0.5) is 0 Å². The van der Waals surface area contributed by atoms with Gasteiger partial charge in [-0.1, -0.05) is 0 Å². The van der Waals surface area contributed by atoms with Crippen LogP contribution in [0.3, 0.4) is 0 Å². The summed E-state index contributed by atoms with van der Waals surface area (Å²) in [5, 5.41) is 10.7. The SMILES string of the molecule is O=C([O-])c1cccnc1-c1cnco1.[Li+]. The van der Waals surface area contributed by atoms with Gasteiger partial charge in [-0.2, -0.15) is 0 Å². The number of nitrogens with zero attached hydrogens (tertiary/aromatic N) is 2. The molecule has 0 saturated heterocycles. The molecule has 0 unspecified atom stereocenters. The second kappa shape index (κ2) is 4.78. The van der Waals surface area contributed by atoms with Crippen LogP contribution in [0.2, 0.25) is 0 Å². The third-order valence-corrected chi connectivity index (χ3v) is 1.69. The summed E-state index contributed by atoms with van der Waals surface area (Å²) in [7, 11) is 0. The van der Waals surface area contributed by atoms with Gasteiger partial charge >= 0.3 is 18.9 Å². The van der Waals surface area contributed by atoms with Crippen molar-refractivity contribution in [1.29, 1.82) is 0 Å². The summed E-state index contributed by atoms with van der Waals surface area (Å²) in [4.78, 5) is 18.3. The summed E-state index contributed by atoms with van der Waals surface area (Å²) in [5.74, 6) is -0.977. The van der Waals surface area contributed by atoms with Crippen molar-refractivity contribution in [3.8, 4) is 11.5 Å². The maximum atomic E-state index is 10.7. The summed E-state index contributed by atoms with van der Waals surface area (Å²) in [6.45, 7) is 0. The fourth-order valence-electron chi connectivity index (χ4n) is 1.10. The molecule has 0 aliphatic rings. The van der Waals surface area contributed by atoms with Gasteiger partial charge in [0.25, 0.3) is 0 Å². The minimum Gasteiger partial charge on any atom is -0.545 e. The largest absolute Gasteiger partial charge is 1.00 e. The zero-order valence-corrected chi connectivity index (χ0v) is 8.01. The summed E-state index contributed by atoms with van der Waals surface area (Å²) in [5.41, 5.74) is 0.217. The Kier molecular flexibility index (Phi) is 3.66. The molecule has 0 aliphatic heterocycles. The Morgan fingerprint density at radius 3 is 2.87 bits per heavy atom. The number of aromatic nitrogens is 2. The van der Waals surface area contributed by atoms with Gasteiger partial charge in [0, 0.05) is 11.8 Å². The summed E-state index contributed by atoms with van der Waals surface area (Å²) in [6.07, 6.45) is 4.09. The second-order valence-electron chi connectivity index (χ2n) is 2.55. The number of carbonyl (C=O) groups excluding carboxylic acids is 1. The van der Waals surface area contributed by atoms with Crippen LogP contribution in [0.25, 0.3) is 11.5 Å². The Hall–Kier alpha value is -1.57. The molecule has 0 amide bonds. The van der Waals surface area contributed by atoms with Crippen molar-refractivity contribution >= 4 is 5.97 Å². The van der Waals surface area contributed by atoms with Gasteiger partial charge in [0.05, 0.1) is 12.2 Å². The van der Waals surface area contributed by atoms with Crippen molar-refractivity contribution in [3.63, 3.8) is 0 Å². The molecule has 0 radical (unpaired) electrons. The van der Waals surface area contributed by atoms with Crippen LogP contribution in [-0.2, 0) is 0 Å². The molecule has 0 fully saturated rings. The van der Waals surface area contributed by atoms with Crippen molar-refractivity contribution in [2.75, 3.05) is 0 Å². The molecule has 70 valence electrons. The molecule has 0 aromatic carbocycles. The van der Waals surface area contributed by atoms with E-state index in [-0.39, 0.29) is 30.1 Å². The first-order valence-electron chi connectivity index (χ1n) is 3.84. The average Bonchev–Trinajstić information content (AvgIpc) is 2.70. The van der Waals surface area contributed by atoms with Crippen LogP contribution in [0.1, 0.15) is 10.4 Å². The first-order valence-corrected chi connectivity index (χ1v) is 3.84. The third-order valence-electron chi connectivity index (χ3n) is 1.69. The van der Waals surface area contributed by atoms with E-state index >= 15 is 0 Å². The van der Waals surface area contributed by atoms with Gasteiger partial charge < -0.3 is 14.3 Å². The normalized spacial score (nSPS) is 9.33. The standard InChI is InChI=1S/C9H6N2O3.Li/c12-9(13)6-2-1-3-11-8(6)7-4-10-5-14-7;/h1-5H,(H,12,13);/q;+1/p-1. The maximum absolute atomic E-state index is 10.7. The number of aromatic carboxylic acids is 1. The van der Waals surface area contributed by atoms with Gasteiger partial charge in [-0.25, -0.2) is 4.98 Å². The number of carboxylic acids is 1. The minimum absolute atomic E-state index is 0. The quantitative estimate of drug-likeness (QED) is 0.481. The Morgan fingerprint density at radius 2 is 2.27 bits per heavy atom. The number of rotatable bonds is 2. The molecule has 2 aromatic heterocycles. The van der Waals surface area contributed by atoms with Gasteiger partial charge in [0.2, 0.25) is 0 Å². The van der Waals surface area contributed by atoms with Crippen molar-refractivity contribution in [2.24, 2.45) is 0 Å². The monoisotopic (exact) mass is 196 g/mol. The van der Waals surface area contributed by atoms with E-state index in [0.717, 1.165) is 0 Å². The van der Waals surface area contributed by atoms with Crippen molar-refractivity contribution in [3.05, 3.63) is 36.5 Å². The number of hydrogen-bond donors (Lipinski definition) is 0. The first-order chi connectivity index (χ1) is 6.79. The van der Waals surface area contributed by atoms with E-state index in [2.05, 4.69) is 9.97 Å². The van der Waals surface area contributed by atoms with E-state index in [1.165, 1.54) is 30.9 Å². The van der Waals surface area contributed by atoms with Crippen LogP contribution in [0.15, 0.2) is 35.3 Å². The average molecular weight is 196 g/mol. The first kappa shape index (κ1) is 11.5. The molecular weight excluding hydrogens is 191 g/mol. The molecule has 0 saturated carbocycles. The van der Waals surface area contributed by atoms with Gasteiger partial charge in [-0.3, -0.25) is 4.98 Å². The minimum atomic E-state index is -1.29. The molecule has 0 N–H and O–H groups in total. The zero-order chi connectivity index (χ0) is 9.97. The van der Waals surface area contributed by atoms with E-state index in [0.29, 0.717) is 5.76 Å². The fourth-order valence-corrected chi connectivity index (χ4v) is 1.10. The second-order valence-corrected chi connectivity index (χ2v) is 2.55. The molecular formula is C9H5LiN2O3. The number of oxazole rings is 1. The van der Waals surface area contributed by atoms with E-state index in [1.54, 1.807) is 0 Å². The predicted octanol–water partition coefficient (Wildman–Crippen LogP) is -2.90. The van der Waals surface area contributed by atoms with E-state index in [1.807, 2.05) is 0 Å². The van der Waals surface area contributed by atoms with E-state index < -0.39 is 5.97 Å². The molecule has 0 atom stereocenters. The molecule has 2 rings (SSSR count). The molecule has 0 aliphatic carbocycles. The zero-order valence-electron chi connectivity index (χ0n) is 8.01. The Balaban J connectivity index is 0.00000112. The summed E-state index contributed by atoms with van der Waals surface area (Å²) < 4.78 is 4.95. The van der Waals surface area contributed by atoms with Crippen molar-refractivity contribution in [2.45, 2.75) is 0 Å². The summed E-state index contributed by atoms with van der Waals surface area (Å²) >= 11 is 0. The van der Waals surface area contributed by atoms with Gasteiger partial charge in [0.1, 0.15) is 5.69 Å². The fraction of sp³-hybridized carbons (Fsp3) is 0. The number of pyridine rings is 1. The van der Waals surface area contributed by atoms with Crippen LogP contribution in [0, 0.1) is 0 Å². The molecule has 2 aromatic rings. The van der Waals surface area contributed by atoms with Gasteiger partial charge in [0.15, 0.2) is 12.2 Å². The topological polar surface area (TPSA) is 79.0 Å². The number of hydrogen-bond acceptors (Lipinski definition) is 5. The Labute approximate surface area is 97.3 Å². The third kappa shape index (κ3) is 2.26. The van der Waals surface area contributed by atoms with Crippen LogP contribution < -0.4 is 24.0 Å². The van der Waals surface area contributed by atoms with E-state index in [9.17, 15) is 9.90 Å². The van der Waals surface area contributed by atoms with Crippen LogP contribution in [0.5, 0.6) is 0 Å². The number of carbonyl (C=O) groups is 1. The van der Waals surface area contributed by atoms with Crippen molar-refractivity contribution < 1.29 is 33.2 Å². The molecule has 0 bridgehead atoms. The molecule has 15 heavy (non-hydrogen) atoms. The molecule has 0 spiro atoms. The van der Waals surface area contributed by atoms with Crippen LogP contribution >= 0.6 is 0 Å². The predicted molar refractivity (Wildman–Crippen MR) is 44.1 cm³/mol. The molecule has 6 heteroatoms. The Bertz CT molecular complexity index is 456.